The molecule has 0 aliphatic rings. The molecule has 0 aliphatic carbocycles. The summed E-state index contributed by atoms with van der Waals surface area (Å²) in [5, 5.41) is 10.9. The minimum absolute atomic E-state index is 0.0132. The zero-order valence-corrected chi connectivity index (χ0v) is 16.4. The summed E-state index contributed by atoms with van der Waals surface area (Å²) in [6.45, 7) is 3.71. The van der Waals surface area contributed by atoms with Crippen molar-refractivity contribution in [3.8, 4) is 22.9 Å². The molecule has 4 aromatic rings. The highest BCUT2D eigenvalue weighted by Gasteiger charge is 2.23. The van der Waals surface area contributed by atoms with E-state index in [9.17, 15) is 9.59 Å². The number of ketones is 1. The lowest BCUT2D eigenvalue weighted by molar-refractivity contribution is 0.0992. The van der Waals surface area contributed by atoms with E-state index in [0.29, 0.717) is 16.4 Å². The summed E-state index contributed by atoms with van der Waals surface area (Å²) in [5.41, 5.74) is 8.00. The molecule has 0 atom stereocenters. The standard InChI is InChI=1S/C19H16N6O3S/c1-10-3-5-12(6-4-10)19-23-16(18(20)27)17(28-19)13-7-21-25(24-13)8-15-22-14(9-29-15)11(2)26/h3-7,9H,8H2,1-2H3,(H2,20,27). The van der Waals surface area contributed by atoms with Crippen LogP contribution >= 0.6 is 11.3 Å². The number of oxazole rings is 1. The van der Waals surface area contributed by atoms with E-state index in [-0.39, 0.29) is 29.7 Å². The summed E-state index contributed by atoms with van der Waals surface area (Å²) in [4.78, 5) is 33.1. The van der Waals surface area contributed by atoms with Gasteiger partial charge in [0.05, 0.1) is 6.20 Å². The number of carbonyl (C=O) groups excluding carboxylic acids is 2. The maximum atomic E-state index is 11.9. The first-order valence-corrected chi connectivity index (χ1v) is 9.52. The lowest BCUT2D eigenvalue weighted by Gasteiger charge is -1.96. The van der Waals surface area contributed by atoms with Crippen molar-refractivity contribution in [2.24, 2.45) is 5.73 Å². The minimum atomic E-state index is -0.720. The topological polar surface area (TPSA) is 130 Å². The largest absolute Gasteiger partial charge is 0.433 e. The summed E-state index contributed by atoms with van der Waals surface area (Å²) in [5.74, 6) is -0.391. The molecule has 0 spiro atoms. The van der Waals surface area contributed by atoms with Gasteiger partial charge in [0.2, 0.25) is 5.89 Å². The smallest absolute Gasteiger partial charge is 0.271 e. The highest BCUT2D eigenvalue weighted by molar-refractivity contribution is 7.09. The number of Topliss-reactive ketones (excluding diaryl/α,β-unsaturated/α-hetero) is 1. The number of aromatic nitrogens is 5. The van der Waals surface area contributed by atoms with Crippen LogP contribution in [-0.4, -0.2) is 36.7 Å². The molecule has 2 N–H and O–H groups in total. The quantitative estimate of drug-likeness (QED) is 0.485. The molecule has 0 unspecified atom stereocenters. The summed E-state index contributed by atoms with van der Waals surface area (Å²) < 4.78 is 5.80. The summed E-state index contributed by atoms with van der Waals surface area (Å²) in [6.07, 6.45) is 1.46. The van der Waals surface area contributed by atoms with Gasteiger partial charge in [-0.25, -0.2) is 9.97 Å². The van der Waals surface area contributed by atoms with Crippen molar-refractivity contribution in [1.82, 2.24) is 25.0 Å². The SMILES string of the molecule is CC(=O)c1csc(Cn2ncc(-c3oc(-c4ccc(C)cc4)nc3C(N)=O)n2)n1. The Morgan fingerprint density at radius 2 is 1.97 bits per heavy atom. The molecule has 9 nitrogen and oxygen atoms in total. The van der Waals surface area contributed by atoms with Gasteiger partial charge in [-0.2, -0.15) is 9.90 Å². The van der Waals surface area contributed by atoms with Gasteiger partial charge in [0.25, 0.3) is 5.91 Å². The van der Waals surface area contributed by atoms with Crippen LogP contribution in [0.3, 0.4) is 0 Å². The Labute approximate surface area is 169 Å². The van der Waals surface area contributed by atoms with Gasteiger partial charge in [-0.15, -0.1) is 16.4 Å². The number of aryl methyl sites for hydroxylation is 1. The number of nitrogens with two attached hydrogens (primary N) is 1. The number of carbonyl (C=O) groups is 2. The molecule has 0 aliphatic heterocycles. The van der Waals surface area contributed by atoms with Crippen molar-refractivity contribution < 1.29 is 14.0 Å². The fraction of sp³-hybridized carbons (Fsp3) is 0.158. The van der Waals surface area contributed by atoms with Gasteiger partial charge in [0.1, 0.15) is 17.2 Å². The predicted molar refractivity (Wildman–Crippen MR) is 105 cm³/mol. The zero-order valence-electron chi connectivity index (χ0n) is 15.6. The Morgan fingerprint density at radius 3 is 2.62 bits per heavy atom. The van der Waals surface area contributed by atoms with Gasteiger partial charge in [-0.1, -0.05) is 17.7 Å². The highest BCUT2D eigenvalue weighted by atomic mass is 32.1. The first-order chi connectivity index (χ1) is 13.9. The number of nitrogens with zero attached hydrogens (tertiary/aromatic N) is 5. The van der Waals surface area contributed by atoms with Crippen LogP contribution in [0.4, 0.5) is 0 Å². The number of amides is 1. The van der Waals surface area contributed by atoms with Gasteiger partial charge < -0.3 is 10.2 Å². The number of rotatable bonds is 6. The summed E-state index contributed by atoms with van der Waals surface area (Å²) >= 11 is 1.35. The maximum absolute atomic E-state index is 11.9. The van der Waals surface area contributed by atoms with E-state index in [4.69, 9.17) is 10.2 Å². The lowest BCUT2D eigenvalue weighted by atomic mass is 10.1. The second-order valence-corrected chi connectivity index (χ2v) is 7.31. The number of primary amides is 1. The fourth-order valence-electron chi connectivity index (χ4n) is 2.62. The van der Waals surface area contributed by atoms with E-state index in [1.165, 1.54) is 29.3 Å². The fourth-order valence-corrected chi connectivity index (χ4v) is 3.43. The first-order valence-electron chi connectivity index (χ1n) is 8.64. The van der Waals surface area contributed by atoms with Crippen molar-refractivity contribution in [2.45, 2.75) is 20.4 Å². The van der Waals surface area contributed by atoms with Crippen molar-refractivity contribution in [2.75, 3.05) is 0 Å². The van der Waals surface area contributed by atoms with Crippen molar-refractivity contribution in [3.63, 3.8) is 0 Å². The van der Waals surface area contributed by atoms with Crippen LogP contribution in [-0.2, 0) is 6.54 Å². The van der Waals surface area contributed by atoms with Gasteiger partial charge in [-0.05, 0) is 19.1 Å². The molecular weight excluding hydrogens is 392 g/mol. The second kappa shape index (κ2) is 7.40. The molecule has 3 heterocycles. The second-order valence-electron chi connectivity index (χ2n) is 6.37. The number of hydrogen-bond donors (Lipinski definition) is 1. The Balaban J connectivity index is 1.64. The van der Waals surface area contributed by atoms with E-state index < -0.39 is 5.91 Å². The van der Waals surface area contributed by atoms with Crippen LogP contribution in [0.1, 0.15) is 38.5 Å². The molecule has 3 aromatic heterocycles. The molecule has 0 bridgehead atoms. The number of benzene rings is 1. The van der Waals surface area contributed by atoms with Crippen LogP contribution < -0.4 is 5.73 Å². The van der Waals surface area contributed by atoms with Crippen LogP contribution in [0.2, 0.25) is 0 Å². The zero-order chi connectivity index (χ0) is 20.5. The number of thiazole rings is 1. The molecule has 1 amide bonds. The Hall–Kier alpha value is -3.66. The normalized spacial score (nSPS) is 11.0. The van der Waals surface area contributed by atoms with Gasteiger partial charge in [0, 0.05) is 17.9 Å². The Morgan fingerprint density at radius 1 is 1.21 bits per heavy atom. The van der Waals surface area contributed by atoms with Gasteiger partial charge >= 0.3 is 0 Å². The third-order valence-corrected chi connectivity index (χ3v) is 4.95. The summed E-state index contributed by atoms with van der Waals surface area (Å²) in [7, 11) is 0. The number of hydrogen-bond acceptors (Lipinski definition) is 8. The third-order valence-electron chi connectivity index (χ3n) is 4.12. The van der Waals surface area contributed by atoms with Crippen molar-refractivity contribution in [1.29, 1.82) is 0 Å². The molecule has 0 saturated carbocycles. The van der Waals surface area contributed by atoms with E-state index in [1.54, 1.807) is 5.38 Å². The van der Waals surface area contributed by atoms with Crippen LogP contribution in [0.25, 0.3) is 22.9 Å². The van der Waals surface area contributed by atoms with Crippen molar-refractivity contribution >= 4 is 23.0 Å². The Bertz CT molecular complexity index is 1210. The monoisotopic (exact) mass is 408 g/mol. The van der Waals surface area contributed by atoms with E-state index in [2.05, 4.69) is 20.2 Å². The van der Waals surface area contributed by atoms with Gasteiger partial charge in [0.15, 0.2) is 22.9 Å². The highest BCUT2D eigenvalue weighted by Crippen LogP contribution is 2.28. The molecule has 0 radical (unpaired) electrons. The third kappa shape index (κ3) is 3.83. The van der Waals surface area contributed by atoms with Crippen LogP contribution in [0, 0.1) is 6.92 Å². The molecule has 1 aromatic carbocycles. The van der Waals surface area contributed by atoms with E-state index in [0.717, 1.165) is 11.1 Å². The van der Waals surface area contributed by atoms with Gasteiger partial charge in [-0.3, -0.25) is 9.59 Å². The minimum Gasteiger partial charge on any atom is -0.433 e. The molecule has 29 heavy (non-hydrogen) atoms. The predicted octanol–water partition coefficient (Wildman–Crippen LogP) is 2.71. The molecule has 146 valence electrons. The van der Waals surface area contributed by atoms with Crippen LogP contribution in [0.5, 0.6) is 0 Å². The molecule has 0 saturated heterocycles. The average molecular weight is 408 g/mol. The summed E-state index contributed by atoms with van der Waals surface area (Å²) in [6, 6.07) is 7.54. The first kappa shape index (κ1) is 18.7. The van der Waals surface area contributed by atoms with E-state index in [1.807, 2.05) is 31.2 Å². The lowest BCUT2D eigenvalue weighted by Crippen LogP contribution is -2.12. The van der Waals surface area contributed by atoms with E-state index >= 15 is 0 Å². The molecule has 0 fully saturated rings. The molecule has 4 rings (SSSR count). The Kier molecular flexibility index (Phi) is 4.77. The van der Waals surface area contributed by atoms with Crippen molar-refractivity contribution in [3.05, 3.63) is 57.8 Å². The molecule has 10 heteroatoms. The maximum Gasteiger partial charge on any atom is 0.271 e. The van der Waals surface area contributed by atoms with Crippen LogP contribution in [0.15, 0.2) is 40.3 Å². The molecular formula is C19H16N6O3S. The average Bonchev–Trinajstić information content (AvgIpc) is 3.41.